The van der Waals surface area contributed by atoms with Crippen molar-refractivity contribution in [2.45, 2.75) is 232 Å². The molecule has 0 bridgehead atoms. The molecule has 1 amide bonds. The standard InChI is InChI=1S/C47H90N2O6/c1-6-9-12-15-17-18-19-20-21-22-23-24-25-27-30-36-44(50)43(41-55-46(52)38-33-39-49(4)5)48-45(51)37-31-32-40-54-47(53)42(34-28-14-11-8-3)35-29-26-16-13-10-7-2/h30,36,42-44,50H,6-29,31-35,37-41H2,1-5H3,(H,48,51)/b36-30+. The van der Waals surface area contributed by atoms with Gasteiger partial charge in [0, 0.05) is 12.8 Å². The lowest BCUT2D eigenvalue weighted by Gasteiger charge is -2.22. The highest BCUT2D eigenvalue weighted by molar-refractivity contribution is 5.76. The molecule has 8 heteroatoms. The second kappa shape index (κ2) is 40.3. The monoisotopic (exact) mass is 779 g/mol. The number of nitrogens with one attached hydrogen (secondary N) is 1. The lowest BCUT2D eigenvalue weighted by atomic mass is 9.94. The summed E-state index contributed by atoms with van der Waals surface area (Å²) >= 11 is 0. The van der Waals surface area contributed by atoms with E-state index in [4.69, 9.17) is 9.47 Å². The van der Waals surface area contributed by atoms with Crippen molar-refractivity contribution in [1.29, 1.82) is 0 Å². The van der Waals surface area contributed by atoms with Crippen molar-refractivity contribution in [3.05, 3.63) is 12.2 Å². The number of amides is 1. The van der Waals surface area contributed by atoms with Crippen molar-refractivity contribution in [3.63, 3.8) is 0 Å². The van der Waals surface area contributed by atoms with Crippen molar-refractivity contribution >= 4 is 17.8 Å². The van der Waals surface area contributed by atoms with Gasteiger partial charge in [0.05, 0.1) is 24.7 Å². The Hall–Kier alpha value is -1.93. The average molecular weight is 779 g/mol. The van der Waals surface area contributed by atoms with Gasteiger partial charge >= 0.3 is 11.9 Å². The highest BCUT2D eigenvalue weighted by atomic mass is 16.5. The van der Waals surface area contributed by atoms with Gasteiger partial charge in [-0.2, -0.15) is 0 Å². The minimum absolute atomic E-state index is 0.0308. The first-order valence-electron chi connectivity index (χ1n) is 23.4. The molecule has 2 N–H and O–H groups in total. The quantitative estimate of drug-likeness (QED) is 0.0362. The highest BCUT2D eigenvalue weighted by Crippen LogP contribution is 2.21. The second-order valence-electron chi connectivity index (χ2n) is 16.4. The van der Waals surface area contributed by atoms with Crippen LogP contribution in [-0.2, 0) is 23.9 Å². The molecule has 0 aromatic rings. The maximum absolute atomic E-state index is 13.0. The summed E-state index contributed by atoms with van der Waals surface area (Å²) < 4.78 is 11.2. The molecule has 3 atom stereocenters. The van der Waals surface area contributed by atoms with Gasteiger partial charge in [-0.1, -0.05) is 174 Å². The molecule has 0 aromatic carbocycles. The van der Waals surface area contributed by atoms with Gasteiger partial charge in [0.15, 0.2) is 0 Å². The number of esters is 2. The minimum atomic E-state index is -0.956. The largest absolute Gasteiger partial charge is 0.465 e. The fraction of sp³-hybridized carbons (Fsp3) is 0.894. The summed E-state index contributed by atoms with van der Waals surface area (Å²) in [5, 5.41) is 13.9. The van der Waals surface area contributed by atoms with E-state index in [9.17, 15) is 19.5 Å². The van der Waals surface area contributed by atoms with E-state index in [2.05, 4.69) is 26.1 Å². The number of ether oxygens (including phenoxy) is 2. The molecule has 0 saturated carbocycles. The minimum Gasteiger partial charge on any atom is -0.465 e. The van der Waals surface area contributed by atoms with Gasteiger partial charge < -0.3 is 24.8 Å². The first-order chi connectivity index (χ1) is 26.7. The summed E-state index contributed by atoms with van der Waals surface area (Å²) in [5.41, 5.74) is 0. The highest BCUT2D eigenvalue weighted by Gasteiger charge is 2.22. The maximum Gasteiger partial charge on any atom is 0.308 e. The molecule has 8 nitrogen and oxygen atoms in total. The van der Waals surface area contributed by atoms with Crippen molar-refractivity contribution in [2.75, 3.05) is 33.9 Å². The molecule has 0 aliphatic carbocycles. The number of aliphatic hydroxyl groups is 1. The van der Waals surface area contributed by atoms with E-state index in [1.807, 2.05) is 25.1 Å². The summed E-state index contributed by atoms with van der Waals surface area (Å²) in [6.07, 6.45) is 36.8. The van der Waals surface area contributed by atoms with Gasteiger partial charge in [-0.15, -0.1) is 0 Å². The average Bonchev–Trinajstić information content (AvgIpc) is 3.16. The third-order valence-electron chi connectivity index (χ3n) is 10.7. The van der Waals surface area contributed by atoms with Crippen LogP contribution in [0, 0.1) is 5.92 Å². The Morgan fingerprint density at radius 3 is 1.62 bits per heavy atom. The van der Waals surface area contributed by atoms with Crippen molar-refractivity contribution in [3.8, 4) is 0 Å². The number of unbranched alkanes of at least 4 members (excludes halogenated alkanes) is 22. The lowest BCUT2D eigenvalue weighted by molar-refractivity contribution is -0.149. The molecule has 55 heavy (non-hydrogen) atoms. The number of allylic oxidation sites excluding steroid dienone is 1. The van der Waals surface area contributed by atoms with E-state index in [-0.39, 0.29) is 36.8 Å². The molecule has 0 radical (unpaired) electrons. The molecular weight excluding hydrogens is 689 g/mol. The predicted molar refractivity (Wildman–Crippen MR) is 231 cm³/mol. The van der Waals surface area contributed by atoms with Gasteiger partial charge in [-0.05, 0) is 65.6 Å². The fourth-order valence-electron chi connectivity index (χ4n) is 7.00. The predicted octanol–water partition coefficient (Wildman–Crippen LogP) is 11.8. The molecule has 0 saturated heterocycles. The smallest absolute Gasteiger partial charge is 0.308 e. The van der Waals surface area contributed by atoms with Crippen LogP contribution in [-0.4, -0.2) is 73.9 Å². The zero-order valence-corrected chi connectivity index (χ0v) is 36.9. The molecule has 0 aliphatic rings. The molecule has 3 unspecified atom stereocenters. The van der Waals surface area contributed by atoms with Crippen LogP contribution in [0.2, 0.25) is 0 Å². The first-order valence-corrected chi connectivity index (χ1v) is 23.4. The van der Waals surface area contributed by atoms with Gasteiger partial charge in [0.25, 0.3) is 0 Å². The number of hydrogen-bond acceptors (Lipinski definition) is 7. The molecule has 0 heterocycles. The second-order valence-corrected chi connectivity index (χ2v) is 16.4. The Morgan fingerprint density at radius 1 is 0.600 bits per heavy atom. The Bertz CT molecular complexity index is 910. The Kier molecular flexibility index (Phi) is 38.9. The Morgan fingerprint density at radius 2 is 1.09 bits per heavy atom. The third kappa shape index (κ3) is 36.2. The van der Waals surface area contributed by atoms with Crippen LogP contribution >= 0.6 is 0 Å². The van der Waals surface area contributed by atoms with Crippen molar-refractivity contribution in [2.24, 2.45) is 5.92 Å². The molecule has 0 spiro atoms. The number of rotatable bonds is 41. The van der Waals surface area contributed by atoms with E-state index < -0.39 is 12.1 Å². The van der Waals surface area contributed by atoms with Crippen LogP contribution in [0.1, 0.15) is 220 Å². The van der Waals surface area contributed by atoms with Crippen LogP contribution in [0.3, 0.4) is 0 Å². The normalized spacial score (nSPS) is 13.3. The fourth-order valence-corrected chi connectivity index (χ4v) is 7.00. The summed E-state index contributed by atoms with van der Waals surface area (Å²) in [6.45, 7) is 7.72. The van der Waals surface area contributed by atoms with Crippen LogP contribution < -0.4 is 5.32 Å². The van der Waals surface area contributed by atoms with Crippen LogP contribution in [0.4, 0.5) is 0 Å². The van der Waals surface area contributed by atoms with E-state index in [0.717, 1.165) is 51.5 Å². The summed E-state index contributed by atoms with van der Waals surface area (Å²) in [4.78, 5) is 40.4. The van der Waals surface area contributed by atoms with E-state index in [1.54, 1.807) is 6.08 Å². The van der Waals surface area contributed by atoms with E-state index in [0.29, 0.717) is 32.3 Å². The number of carbonyl (C=O) groups is 3. The number of hydrogen-bond donors (Lipinski definition) is 2. The van der Waals surface area contributed by atoms with Crippen molar-refractivity contribution in [1.82, 2.24) is 10.2 Å². The van der Waals surface area contributed by atoms with Crippen molar-refractivity contribution < 1.29 is 29.0 Å². The van der Waals surface area contributed by atoms with Gasteiger partial charge in [0.1, 0.15) is 6.61 Å². The summed E-state index contributed by atoms with van der Waals surface area (Å²) in [5.74, 6) is -0.653. The Balaban J connectivity index is 4.68. The lowest BCUT2D eigenvalue weighted by Crippen LogP contribution is -2.46. The van der Waals surface area contributed by atoms with Gasteiger partial charge in [-0.25, -0.2) is 0 Å². The SMILES string of the molecule is CCCCCCCCCCCCCCC/C=C/C(O)C(COC(=O)CCCN(C)C)NC(=O)CCCCOC(=O)C(CCCCCC)CCCCCCCC. The summed E-state index contributed by atoms with van der Waals surface area (Å²) in [6, 6.07) is -0.721. The molecular formula is C47H90N2O6. The Labute approximate surface area is 340 Å². The van der Waals surface area contributed by atoms with E-state index >= 15 is 0 Å². The van der Waals surface area contributed by atoms with E-state index in [1.165, 1.54) is 122 Å². The third-order valence-corrected chi connectivity index (χ3v) is 10.7. The zero-order chi connectivity index (χ0) is 40.6. The molecule has 0 aliphatic heterocycles. The van der Waals surface area contributed by atoms with Gasteiger partial charge in [0.2, 0.25) is 5.91 Å². The van der Waals surface area contributed by atoms with Gasteiger partial charge in [-0.3, -0.25) is 14.4 Å². The maximum atomic E-state index is 13.0. The van der Waals surface area contributed by atoms with Crippen LogP contribution in [0.5, 0.6) is 0 Å². The molecule has 0 fully saturated rings. The molecule has 324 valence electrons. The number of carbonyl (C=O) groups excluding carboxylic acids is 3. The molecule has 0 aromatic heterocycles. The number of nitrogens with zero attached hydrogens (tertiary/aromatic N) is 1. The van der Waals surface area contributed by atoms with Crippen LogP contribution in [0.25, 0.3) is 0 Å². The van der Waals surface area contributed by atoms with Crippen LogP contribution in [0.15, 0.2) is 12.2 Å². The number of aliphatic hydroxyl groups excluding tert-OH is 1. The molecule has 0 rings (SSSR count). The first kappa shape index (κ1) is 53.1. The topological polar surface area (TPSA) is 105 Å². The summed E-state index contributed by atoms with van der Waals surface area (Å²) in [7, 11) is 3.93. The zero-order valence-electron chi connectivity index (χ0n) is 36.9.